The Hall–Kier alpha value is -1.43. The van der Waals surface area contributed by atoms with Crippen molar-refractivity contribution in [3.63, 3.8) is 0 Å². The van der Waals surface area contributed by atoms with Crippen LogP contribution in [-0.2, 0) is 16.3 Å². The molecule has 5 heteroatoms. The molecule has 4 nitrogen and oxygen atoms in total. The Balaban J connectivity index is 2.06. The molecule has 1 unspecified atom stereocenters. The van der Waals surface area contributed by atoms with Crippen LogP contribution >= 0.6 is 0 Å². The molecule has 0 heterocycles. The van der Waals surface area contributed by atoms with E-state index in [0.717, 1.165) is 12.8 Å². The number of nitrogens with one attached hydrogen (secondary N) is 1. The summed E-state index contributed by atoms with van der Waals surface area (Å²) in [5.41, 5.74) is 4.04. The molecule has 2 aromatic rings. The highest BCUT2D eigenvalue weighted by molar-refractivity contribution is 7.90. The van der Waals surface area contributed by atoms with Crippen LogP contribution in [0.5, 0.6) is 0 Å². The Labute approximate surface area is 126 Å². The number of hydrogen-bond acceptors (Lipinski definition) is 4. The van der Waals surface area contributed by atoms with Gasteiger partial charge in [-0.2, -0.15) is 0 Å². The molecule has 0 fully saturated rings. The molecule has 2 rings (SSSR count). The third-order valence-electron chi connectivity index (χ3n) is 3.65. The average Bonchev–Trinajstić information content (AvgIpc) is 2.45. The smallest absolute Gasteiger partial charge is 0.147 e. The van der Waals surface area contributed by atoms with Gasteiger partial charge < -0.3 is 0 Å². The summed E-state index contributed by atoms with van der Waals surface area (Å²) in [6, 6.07) is 14.6. The normalized spacial score (nSPS) is 13.4. The minimum Gasteiger partial charge on any atom is -0.271 e. The van der Waals surface area contributed by atoms with Gasteiger partial charge in [0.05, 0.1) is 0 Å². The van der Waals surface area contributed by atoms with Crippen LogP contribution in [-0.4, -0.2) is 26.5 Å². The van der Waals surface area contributed by atoms with Crippen LogP contribution in [0.1, 0.15) is 18.4 Å². The quantitative estimate of drug-likeness (QED) is 0.606. The minimum atomic E-state index is -2.90. The van der Waals surface area contributed by atoms with Crippen molar-refractivity contribution in [2.45, 2.75) is 25.3 Å². The van der Waals surface area contributed by atoms with Crippen LogP contribution in [0.2, 0.25) is 0 Å². The third-order valence-corrected chi connectivity index (χ3v) is 4.68. The predicted octanol–water partition coefficient (Wildman–Crippen LogP) is 2.04. The zero-order valence-electron chi connectivity index (χ0n) is 12.2. The van der Waals surface area contributed by atoms with Crippen LogP contribution < -0.4 is 11.3 Å². The second-order valence-corrected chi connectivity index (χ2v) is 7.74. The lowest BCUT2D eigenvalue weighted by molar-refractivity contribution is 0.486. The first kappa shape index (κ1) is 15.9. The van der Waals surface area contributed by atoms with Crippen molar-refractivity contribution in [1.29, 1.82) is 0 Å². The molecule has 0 amide bonds. The maximum absolute atomic E-state index is 11.2. The Morgan fingerprint density at radius 1 is 1.14 bits per heavy atom. The lowest BCUT2D eigenvalue weighted by Gasteiger charge is -2.17. The molecule has 0 saturated heterocycles. The average molecular weight is 306 g/mol. The largest absolute Gasteiger partial charge is 0.271 e. The van der Waals surface area contributed by atoms with Crippen molar-refractivity contribution in [3.8, 4) is 0 Å². The van der Waals surface area contributed by atoms with E-state index in [4.69, 9.17) is 5.84 Å². The Morgan fingerprint density at radius 2 is 1.86 bits per heavy atom. The van der Waals surface area contributed by atoms with E-state index in [9.17, 15) is 8.42 Å². The van der Waals surface area contributed by atoms with Gasteiger partial charge in [0.25, 0.3) is 0 Å². The molecule has 114 valence electrons. The molecule has 0 aliphatic carbocycles. The molecule has 0 aliphatic heterocycles. The molecular formula is C16H22N2O2S. The van der Waals surface area contributed by atoms with Gasteiger partial charge in [0, 0.05) is 18.1 Å². The molecule has 0 aromatic heterocycles. The number of hydrazine groups is 1. The fourth-order valence-corrected chi connectivity index (χ4v) is 3.26. The van der Waals surface area contributed by atoms with Crippen LogP contribution in [0.15, 0.2) is 42.5 Å². The zero-order valence-corrected chi connectivity index (χ0v) is 13.1. The van der Waals surface area contributed by atoms with Gasteiger partial charge in [0.15, 0.2) is 0 Å². The van der Waals surface area contributed by atoms with E-state index in [1.807, 2.05) is 18.2 Å². The topological polar surface area (TPSA) is 72.2 Å². The third kappa shape index (κ3) is 4.81. The number of benzene rings is 2. The summed E-state index contributed by atoms with van der Waals surface area (Å²) < 4.78 is 22.4. The predicted molar refractivity (Wildman–Crippen MR) is 87.7 cm³/mol. The van der Waals surface area contributed by atoms with Crippen LogP contribution in [0.4, 0.5) is 0 Å². The molecule has 21 heavy (non-hydrogen) atoms. The van der Waals surface area contributed by atoms with E-state index >= 15 is 0 Å². The Kier molecular flexibility index (Phi) is 5.33. The van der Waals surface area contributed by atoms with Crippen molar-refractivity contribution >= 4 is 20.6 Å². The van der Waals surface area contributed by atoms with Crippen LogP contribution in [0.25, 0.3) is 10.8 Å². The van der Waals surface area contributed by atoms with E-state index in [1.54, 1.807) is 0 Å². The van der Waals surface area contributed by atoms with Gasteiger partial charge in [-0.1, -0.05) is 42.5 Å². The van der Waals surface area contributed by atoms with Gasteiger partial charge in [-0.25, -0.2) is 8.42 Å². The summed E-state index contributed by atoms with van der Waals surface area (Å²) in [6.45, 7) is 0. The second-order valence-electron chi connectivity index (χ2n) is 5.48. The van der Waals surface area contributed by atoms with Gasteiger partial charge in [0.2, 0.25) is 0 Å². The molecule has 0 aliphatic rings. The fourth-order valence-electron chi connectivity index (χ4n) is 2.57. The highest BCUT2D eigenvalue weighted by Crippen LogP contribution is 2.20. The first-order valence-electron chi connectivity index (χ1n) is 7.10. The summed E-state index contributed by atoms with van der Waals surface area (Å²) >= 11 is 0. The van der Waals surface area contributed by atoms with Gasteiger partial charge in [-0.05, 0) is 35.6 Å². The van der Waals surface area contributed by atoms with Crippen LogP contribution in [0.3, 0.4) is 0 Å². The number of hydrogen-bond donors (Lipinski definition) is 2. The standard InChI is InChI=1S/C16H22N2O2S/c1-21(19,20)11-5-9-15(18-17)12-14-8-4-7-13-6-2-3-10-16(13)14/h2-4,6-8,10,15,18H,5,9,11-12,17H2,1H3. The first-order valence-corrected chi connectivity index (χ1v) is 9.16. The number of sulfone groups is 1. The highest BCUT2D eigenvalue weighted by atomic mass is 32.2. The molecule has 0 spiro atoms. The number of rotatable bonds is 7. The minimum absolute atomic E-state index is 0.0811. The first-order chi connectivity index (χ1) is 9.99. The lowest BCUT2D eigenvalue weighted by Crippen LogP contribution is -2.37. The molecule has 0 bridgehead atoms. The van der Waals surface area contributed by atoms with Gasteiger partial charge >= 0.3 is 0 Å². The summed E-state index contributed by atoms with van der Waals surface area (Å²) in [7, 11) is -2.90. The van der Waals surface area contributed by atoms with Gasteiger partial charge in [-0.15, -0.1) is 0 Å². The van der Waals surface area contributed by atoms with Crippen molar-refractivity contribution < 1.29 is 8.42 Å². The molecular weight excluding hydrogens is 284 g/mol. The summed E-state index contributed by atoms with van der Waals surface area (Å²) in [5.74, 6) is 5.82. The number of nitrogens with two attached hydrogens (primary N) is 1. The van der Waals surface area contributed by atoms with Crippen molar-refractivity contribution in [2.24, 2.45) is 5.84 Å². The van der Waals surface area contributed by atoms with Gasteiger partial charge in [0.1, 0.15) is 9.84 Å². The van der Waals surface area contributed by atoms with Crippen molar-refractivity contribution in [3.05, 3.63) is 48.0 Å². The SMILES string of the molecule is CS(=O)(=O)CCCC(Cc1cccc2ccccc12)NN. The Bertz CT molecular complexity index is 693. The molecule has 1 atom stereocenters. The second kappa shape index (κ2) is 7.02. The number of fused-ring (bicyclic) bond motifs is 1. The zero-order chi connectivity index (χ0) is 15.3. The molecule has 0 radical (unpaired) electrons. The van der Waals surface area contributed by atoms with E-state index in [-0.39, 0.29) is 11.8 Å². The lowest BCUT2D eigenvalue weighted by atomic mass is 9.97. The molecule has 2 aromatic carbocycles. The van der Waals surface area contributed by atoms with E-state index < -0.39 is 9.84 Å². The van der Waals surface area contributed by atoms with E-state index in [2.05, 4.69) is 29.7 Å². The van der Waals surface area contributed by atoms with Crippen LogP contribution in [0, 0.1) is 0 Å². The molecule has 3 N–H and O–H groups in total. The monoisotopic (exact) mass is 306 g/mol. The highest BCUT2D eigenvalue weighted by Gasteiger charge is 2.11. The molecule has 0 saturated carbocycles. The summed E-state index contributed by atoms with van der Waals surface area (Å²) in [6.07, 6.45) is 3.43. The fraction of sp³-hybridized carbons (Fsp3) is 0.375. The Morgan fingerprint density at radius 3 is 2.57 bits per heavy atom. The van der Waals surface area contributed by atoms with E-state index in [1.165, 1.54) is 22.6 Å². The van der Waals surface area contributed by atoms with E-state index in [0.29, 0.717) is 6.42 Å². The van der Waals surface area contributed by atoms with Crippen molar-refractivity contribution in [2.75, 3.05) is 12.0 Å². The maximum atomic E-state index is 11.2. The summed E-state index contributed by atoms with van der Waals surface area (Å²) in [5, 5.41) is 2.44. The van der Waals surface area contributed by atoms with Crippen molar-refractivity contribution in [1.82, 2.24) is 5.43 Å². The van der Waals surface area contributed by atoms with Gasteiger partial charge in [-0.3, -0.25) is 11.3 Å². The maximum Gasteiger partial charge on any atom is 0.147 e. The summed E-state index contributed by atoms with van der Waals surface area (Å²) in [4.78, 5) is 0.